The molecule has 0 radical (unpaired) electrons. The average molecular weight is 343 g/mol. The van der Waals surface area contributed by atoms with Crippen molar-refractivity contribution < 1.29 is 14.7 Å². The highest BCUT2D eigenvalue weighted by molar-refractivity contribution is 5.87. The highest BCUT2D eigenvalue weighted by atomic mass is 16.4. The zero-order valence-electron chi connectivity index (χ0n) is 15.2. The van der Waals surface area contributed by atoms with E-state index in [0.29, 0.717) is 12.8 Å². The minimum atomic E-state index is -0.947. The van der Waals surface area contributed by atoms with Crippen LogP contribution >= 0.6 is 0 Å². The van der Waals surface area contributed by atoms with Gasteiger partial charge in [-0.3, -0.25) is 9.48 Å². The Morgan fingerprint density at radius 1 is 1.24 bits per heavy atom. The normalized spacial score (nSPS) is 12.0. The molecule has 0 saturated carbocycles. The number of aromatic nitrogens is 2. The Morgan fingerprint density at radius 3 is 2.36 bits per heavy atom. The van der Waals surface area contributed by atoms with Gasteiger partial charge in [-0.15, -0.1) is 0 Å². The van der Waals surface area contributed by atoms with E-state index in [1.165, 1.54) is 0 Å². The summed E-state index contributed by atoms with van der Waals surface area (Å²) in [6.45, 7) is 6.01. The summed E-state index contributed by atoms with van der Waals surface area (Å²) in [5.74, 6) is -0.964. The van der Waals surface area contributed by atoms with E-state index in [-0.39, 0.29) is 17.5 Å². The highest BCUT2D eigenvalue weighted by Crippen LogP contribution is 2.23. The predicted molar refractivity (Wildman–Crippen MR) is 95.6 cm³/mol. The lowest BCUT2D eigenvalue weighted by Crippen LogP contribution is -2.29. The van der Waals surface area contributed by atoms with E-state index in [2.05, 4.69) is 10.4 Å². The molecular formula is C19H25N3O3. The van der Waals surface area contributed by atoms with Crippen LogP contribution in [0.15, 0.2) is 24.3 Å². The second-order valence-electron chi connectivity index (χ2n) is 6.24. The highest BCUT2D eigenvalue weighted by Gasteiger charge is 2.20. The molecule has 1 unspecified atom stereocenters. The van der Waals surface area contributed by atoms with Gasteiger partial charge in [-0.1, -0.05) is 19.1 Å². The van der Waals surface area contributed by atoms with E-state index < -0.39 is 5.97 Å². The molecule has 25 heavy (non-hydrogen) atoms. The third-order valence-corrected chi connectivity index (χ3v) is 4.50. The maximum atomic E-state index is 12.3. The Labute approximate surface area is 147 Å². The lowest BCUT2D eigenvalue weighted by molar-refractivity contribution is -0.121. The number of hydrogen-bond acceptors (Lipinski definition) is 3. The summed E-state index contributed by atoms with van der Waals surface area (Å²) in [6, 6.07) is 6.59. The van der Waals surface area contributed by atoms with Crippen molar-refractivity contribution in [3.8, 4) is 0 Å². The molecule has 0 fully saturated rings. The first-order valence-corrected chi connectivity index (χ1v) is 8.45. The van der Waals surface area contributed by atoms with Crippen molar-refractivity contribution in [2.45, 2.75) is 46.1 Å². The first kappa shape index (κ1) is 18.7. The number of benzene rings is 1. The number of carboxylic acid groups (broad SMARTS) is 1. The van der Waals surface area contributed by atoms with Crippen LogP contribution in [-0.2, 0) is 18.3 Å². The molecule has 1 aromatic carbocycles. The lowest BCUT2D eigenvalue weighted by Gasteiger charge is -2.18. The van der Waals surface area contributed by atoms with E-state index in [1.54, 1.807) is 24.3 Å². The van der Waals surface area contributed by atoms with Crippen LogP contribution in [0.4, 0.5) is 0 Å². The van der Waals surface area contributed by atoms with Crippen molar-refractivity contribution >= 4 is 11.9 Å². The van der Waals surface area contributed by atoms with Crippen LogP contribution in [0.3, 0.4) is 0 Å². The molecule has 6 nitrogen and oxygen atoms in total. The standard InChI is InChI=1S/C19H25N3O3/c1-5-16(18-12(2)21-22(4)13(18)3)20-17(23)11-8-14-6-9-15(10-7-14)19(24)25/h6-7,9-10,16H,5,8,11H2,1-4H3,(H,20,23)(H,24,25). The number of aromatic carboxylic acids is 1. The van der Waals surface area contributed by atoms with Gasteiger partial charge < -0.3 is 10.4 Å². The summed E-state index contributed by atoms with van der Waals surface area (Å²) >= 11 is 0. The fourth-order valence-corrected chi connectivity index (χ4v) is 3.01. The molecule has 134 valence electrons. The molecule has 0 aliphatic carbocycles. The molecule has 2 N–H and O–H groups in total. The SMILES string of the molecule is CCC(NC(=O)CCc1ccc(C(=O)O)cc1)c1c(C)nn(C)c1C. The van der Waals surface area contributed by atoms with Crippen LogP contribution in [0.2, 0.25) is 0 Å². The largest absolute Gasteiger partial charge is 0.478 e. The molecule has 1 aromatic heterocycles. The number of rotatable bonds is 7. The summed E-state index contributed by atoms with van der Waals surface area (Å²) < 4.78 is 1.84. The fourth-order valence-electron chi connectivity index (χ4n) is 3.01. The van der Waals surface area contributed by atoms with Gasteiger partial charge in [-0.2, -0.15) is 5.10 Å². The number of carbonyl (C=O) groups is 2. The molecule has 2 rings (SSSR count). The van der Waals surface area contributed by atoms with E-state index in [9.17, 15) is 9.59 Å². The van der Waals surface area contributed by atoms with Crippen molar-refractivity contribution in [3.05, 3.63) is 52.3 Å². The molecule has 0 saturated heterocycles. The molecule has 1 heterocycles. The van der Waals surface area contributed by atoms with Gasteiger partial charge in [0.2, 0.25) is 5.91 Å². The molecule has 0 bridgehead atoms. The quantitative estimate of drug-likeness (QED) is 0.809. The lowest BCUT2D eigenvalue weighted by atomic mass is 10.0. The van der Waals surface area contributed by atoms with Crippen molar-refractivity contribution in [2.75, 3.05) is 0 Å². The maximum Gasteiger partial charge on any atom is 0.335 e. The molecule has 1 amide bonds. The van der Waals surface area contributed by atoms with E-state index in [0.717, 1.165) is 28.9 Å². The Hall–Kier alpha value is -2.63. The van der Waals surface area contributed by atoms with Gasteiger partial charge in [0.25, 0.3) is 0 Å². The van der Waals surface area contributed by atoms with Gasteiger partial charge in [0, 0.05) is 24.7 Å². The minimum absolute atomic E-state index is 0.0168. The van der Waals surface area contributed by atoms with Gasteiger partial charge in [0.1, 0.15) is 0 Å². The first-order valence-electron chi connectivity index (χ1n) is 8.45. The zero-order chi connectivity index (χ0) is 18.6. The van der Waals surface area contributed by atoms with Crippen LogP contribution in [0.1, 0.15) is 58.7 Å². The van der Waals surface area contributed by atoms with Crippen molar-refractivity contribution in [1.82, 2.24) is 15.1 Å². The second-order valence-corrected chi connectivity index (χ2v) is 6.24. The van der Waals surface area contributed by atoms with Gasteiger partial charge >= 0.3 is 5.97 Å². The maximum absolute atomic E-state index is 12.3. The summed E-state index contributed by atoms with van der Waals surface area (Å²) in [6.07, 6.45) is 1.74. The molecule has 2 aromatic rings. The summed E-state index contributed by atoms with van der Waals surface area (Å²) in [4.78, 5) is 23.2. The van der Waals surface area contributed by atoms with E-state index in [1.807, 2.05) is 32.5 Å². The molecule has 6 heteroatoms. The Kier molecular flexibility index (Phi) is 5.96. The third kappa shape index (κ3) is 4.47. The van der Waals surface area contributed by atoms with Crippen LogP contribution < -0.4 is 5.32 Å². The van der Waals surface area contributed by atoms with Crippen molar-refractivity contribution in [1.29, 1.82) is 0 Å². The molecule has 0 aliphatic rings. The fraction of sp³-hybridized carbons (Fsp3) is 0.421. The summed E-state index contributed by atoms with van der Waals surface area (Å²) in [5, 5.41) is 16.4. The smallest absolute Gasteiger partial charge is 0.335 e. The van der Waals surface area contributed by atoms with E-state index in [4.69, 9.17) is 5.11 Å². The molecule has 1 atom stereocenters. The van der Waals surface area contributed by atoms with Gasteiger partial charge in [-0.25, -0.2) is 4.79 Å². The van der Waals surface area contributed by atoms with Crippen LogP contribution in [0.25, 0.3) is 0 Å². The Bertz CT molecular complexity index is 763. The number of aryl methyl sites for hydroxylation is 3. The third-order valence-electron chi connectivity index (χ3n) is 4.50. The zero-order valence-corrected chi connectivity index (χ0v) is 15.2. The Morgan fingerprint density at radius 2 is 1.88 bits per heavy atom. The van der Waals surface area contributed by atoms with Gasteiger partial charge in [0.15, 0.2) is 0 Å². The molecule has 0 spiro atoms. The summed E-state index contributed by atoms with van der Waals surface area (Å²) in [5.41, 5.74) is 4.29. The monoisotopic (exact) mass is 343 g/mol. The second kappa shape index (κ2) is 7.96. The van der Waals surface area contributed by atoms with Crippen molar-refractivity contribution in [3.63, 3.8) is 0 Å². The van der Waals surface area contributed by atoms with Crippen molar-refractivity contribution in [2.24, 2.45) is 7.05 Å². The Balaban J connectivity index is 1.97. The van der Waals surface area contributed by atoms with Gasteiger partial charge in [0.05, 0.1) is 17.3 Å². The number of nitrogens with one attached hydrogen (secondary N) is 1. The molecular weight excluding hydrogens is 318 g/mol. The van der Waals surface area contributed by atoms with E-state index >= 15 is 0 Å². The van der Waals surface area contributed by atoms with Crippen LogP contribution in [0.5, 0.6) is 0 Å². The number of carbonyl (C=O) groups excluding carboxylic acids is 1. The number of nitrogens with zero attached hydrogens (tertiary/aromatic N) is 2. The van der Waals surface area contributed by atoms with Gasteiger partial charge in [-0.05, 0) is 44.4 Å². The number of hydrogen-bond donors (Lipinski definition) is 2. The number of amides is 1. The summed E-state index contributed by atoms with van der Waals surface area (Å²) in [7, 11) is 1.90. The predicted octanol–water partition coefficient (Wildman–Crippen LogP) is 2.94. The average Bonchev–Trinajstić information content (AvgIpc) is 2.83. The molecule has 0 aliphatic heterocycles. The topological polar surface area (TPSA) is 84.2 Å². The van der Waals surface area contributed by atoms with Crippen LogP contribution in [0, 0.1) is 13.8 Å². The minimum Gasteiger partial charge on any atom is -0.478 e. The first-order chi connectivity index (χ1) is 11.8. The number of carboxylic acids is 1. The van der Waals surface area contributed by atoms with Crippen LogP contribution in [-0.4, -0.2) is 26.8 Å².